The highest BCUT2D eigenvalue weighted by atomic mass is 16.1. The van der Waals surface area contributed by atoms with Crippen molar-refractivity contribution < 1.29 is 4.79 Å². The molecule has 0 aliphatic carbocycles. The third kappa shape index (κ3) is 4.43. The van der Waals surface area contributed by atoms with Crippen molar-refractivity contribution in [1.29, 1.82) is 0 Å². The van der Waals surface area contributed by atoms with Crippen LogP contribution in [0.3, 0.4) is 0 Å². The zero-order valence-electron chi connectivity index (χ0n) is 18.2. The molecule has 1 saturated heterocycles. The van der Waals surface area contributed by atoms with Crippen molar-refractivity contribution >= 4 is 11.6 Å². The van der Waals surface area contributed by atoms with Gasteiger partial charge in [-0.3, -0.25) is 9.69 Å². The minimum Gasteiger partial charge on any atom is -0.352 e. The van der Waals surface area contributed by atoms with Gasteiger partial charge in [-0.15, -0.1) is 0 Å². The first kappa shape index (κ1) is 20.5. The summed E-state index contributed by atoms with van der Waals surface area (Å²) in [5.41, 5.74) is 5.50. The average Bonchev–Trinajstić information content (AvgIpc) is 3.22. The number of nitrogens with zero attached hydrogens (tertiary/aromatic N) is 3. The van der Waals surface area contributed by atoms with Crippen LogP contribution in [-0.4, -0.2) is 33.3 Å². The average molecular weight is 425 g/mol. The van der Waals surface area contributed by atoms with E-state index in [0.717, 1.165) is 54.9 Å². The first-order valence-corrected chi connectivity index (χ1v) is 11.3. The number of carbonyl (C=O) groups excluding carboxylic acids is 1. The summed E-state index contributed by atoms with van der Waals surface area (Å²) in [6.07, 6.45) is 3.87. The van der Waals surface area contributed by atoms with Crippen molar-refractivity contribution in [3.05, 3.63) is 96.3 Å². The summed E-state index contributed by atoms with van der Waals surface area (Å²) in [6, 6.07) is 26.6. The van der Waals surface area contributed by atoms with Gasteiger partial charge in [-0.05, 0) is 43.6 Å². The van der Waals surface area contributed by atoms with E-state index in [9.17, 15) is 4.79 Å². The maximum atomic E-state index is 12.7. The van der Waals surface area contributed by atoms with Gasteiger partial charge in [0.2, 0.25) is 5.91 Å². The van der Waals surface area contributed by atoms with Crippen molar-refractivity contribution in [2.24, 2.45) is 5.92 Å². The topological polar surface area (TPSA) is 49.6 Å². The predicted molar refractivity (Wildman–Crippen MR) is 127 cm³/mol. The van der Waals surface area contributed by atoms with E-state index >= 15 is 0 Å². The maximum absolute atomic E-state index is 12.7. The van der Waals surface area contributed by atoms with Crippen LogP contribution in [0, 0.1) is 5.92 Å². The number of amides is 1. The van der Waals surface area contributed by atoms with Crippen LogP contribution in [0.25, 0.3) is 16.9 Å². The van der Waals surface area contributed by atoms with Crippen molar-refractivity contribution in [2.45, 2.75) is 25.9 Å². The number of hydrogen-bond acceptors (Lipinski definition) is 3. The van der Waals surface area contributed by atoms with E-state index in [1.165, 1.54) is 5.69 Å². The van der Waals surface area contributed by atoms with Crippen molar-refractivity contribution in [2.75, 3.05) is 13.1 Å². The van der Waals surface area contributed by atoms with Gasteiger partial charge in [0.25, 0.3) is 0 Å². The summed E-state index contributed by atoms with van der Waals surface area (Å²) in [4.78, 5) is 20.0. The number of pyridine rings is 1. The molecule has 0 bridgehead atoms. The largest absolute Gasteiger partial charge is 0.352 e. The molecule has 1 aliphatic rings. The smallest absolute Gasteiger partial charge is 0.223 e. The number of nitrogens with one attached hydrogen (secondary N) is 1. The van der Waals surface area contributed by atoms with E-state index in [4.69, 9.17) is 4.98 Å². The number of rotatable bonds is 6. The van der Waals surface area contributed by atoms with E-state index in [-0.39, 0.29) is 11.8 Å². The van der Waals surface area contributed by atoms with Crippen LogP contribution >= 0.6 is 0 Å². The second-order valence-corrected chi connectivity index (χ2v) is 8.46. The summed E-state index contributed by atoms with van der Waals surface area (Å²) < 4.78 is 2.20. The highest BCUT2D eigenvalue weighted by Gasteiger charge is 2.26. The van der Waals surface area contributed by atoms with E-state index < -0.39 is 0 Å². The number of piperidine rings is 1. The molecule has 5 nitrogen and oxygen atoms in total. The number of aromatic nitrogens is 2. The molecule has 0 saturated carbocycles. The van der Waals surface area contributed by atoms with Crippen molar-refractivity contribution in [1.82, 2.24) is 19.6 Å². The minimum absolute atomic E-state index is 0.0886. The third-order valence-electron chi connectivity index (χ3n) is 6.32. The Morgan fingerprint density at radius 2 is 1.59 bits per heavy atom. The predicted octanol–water partition coefficient (Wildman–Crippen LogP) is 4.53. The molecule has 0 radical (unpaired) electrons. The molecule has 3 heterocycles. The van der Waals surface area contributed by atoms with Crippen molar-refractivity contribution in [3.63, 3.8) is 0 Å². The Kier molecular flexibility index (Phi) is 5.99. The van der Waals surface area contributed by atoms with Gasteiger partial charge in [-0.2, -0.15) is 0 Å². The zero-order valence-corrected chi connectivity index (χ0v) is 18.2. The monoisotopic (exact) mass is 424 g/mol. The molecule has 0 unspecified atom stereocenters. The van der Waals surface area contributed by atoms with Gasteiger partial charge in [-0.25, -0.2) is 4.98 Å². The summed E-state index contributed by atoms with van der Waals surface area (Å²) >= 11 is 0. The van der Waals surface area contributed by atoms with Gasteiger partial charge >= 0.3 is 0 Å². The van der Waals surface area contributed by atoms with Gasteiger partial charge in [-0.1, -0.05) is 66.7 Å². The minimum atomic E-state index is 0.0886. The first-order valence-electron chi connectivity index (χ1n) is 11.3. The van der Waals surface area contributed by atoms with Gasteiger partial charge in [0.1, 0.15) is 5.65 Å². The van der Waals surface area contributed by atoms with Crippen molar-refractivity contribution in [3.8, 4) is 11.3 Å². The maximum Gasteiger partial charge on any atom is 0.223 e. The lowest BCUT2D eigenvalue weighted by atomic mass is 9.95. The molecule has 162 valence electrons. The zero-order chi connectivity index (χ0) is 21.8. The molecule has 2 aromatic heterocycles. The lowest BCUT2D eigenvalue weighted by molar-refractivity contribution is -0.126. The molecule has 1 N–H and O–H groups in total. The van der Waals surface area contributed by atoms with Gasteiger partial charge in [0.05, 0.1) is 11.4 Å². The Balaban J connectivity index is 1.25. The lowest BCUT2D eigenvalue weighted by Gasteiger charge is -2.31. The molecule has 1 amide bonds. The molecular formula is C27H28N4O. The second-order valence-electron chi connectivity index (χ2n) is 8.46. The number of hydrogen-bond donors (Lipinski definition) is 1. The number of likely N-dealkylation sites (tertiary alicyclic amines) is 1. The number of carbonyl (C=O) groups is 1. The molecule has 5 rings (SSSR count). The molecule has 1 fully saturated rings. The van der Waals surface area contributed by atoms with E-state index in [1.807, 2.05) is 42.5 Å². The first-order chi connectivity index (χ1) is 15.8. The van der Waals surface area contributed by atoms with Crippen LogP contribution in [0.4, 0.5) is 0 Å². The molecule has 1 aliphatic heterocycles. The normalized spacial score (nSPS) is 15.1. The van der Waals surface area contributed by atoms with Crippen LogP contribution < -0.4 is 5.32 Å². The number of fused-ring (bicyclic) bond motifs is 1. The Morgan fingerprint density at radius 1 is 0.906 bits per heavy atom. The fourth-order valence-corrected chi connectivity index (χ4v) is 4.52. The molecule has 0 spiro atoms. The van der Waals surface area contributed by atoms with Gasteiger partial charge < -0.3 is 9.72 Å². The van der Waals surface area contributed by atoms with E-state index in [0.29, 0.717) is 6.54 Å². The highest BCUT2D eigenvalue weighted by Crippen LogP contribution is 2.27. The number of benzene rings is 2. The van der Waals surface area contributed by atoms with E-state index in [2.05, 4.69) is 57.2 Å². The third-order valence-corrected chi connectivity index (χ3v) is 6.32. The molecule has 5 heteroatoms. The summed E-state index contributed by atoms with van der Waals surface area (Å²) in [5.74, 6) is 0.263. The second kappa shape index (κ2) is 9.37. The fraction of sp³-hybridized carbons (Fsp3) is 0.259. The SMILES string of the molecule is O=C(NCc1ccccc1)C1CCN(Cc2c(-c3ccccc3)nc3ccccn23)CC1. The van der Waals surface area contributed by atoms with Gasteiger partial charge in [0, 0.05) is 30.8 Å². The van der Waals surface area contributed by atoms with E-state index in [1.54, 1.807) is 0 Å². The van der Waals surface area contributed by atoms with Gasteiger partial charge in [0.15, 0.2) is 0 Å². The molecule has 32 heavy (non-hydrogen) atoms. The Labute approximate surface area is 188 Å². The standard InChI is InChI=1S/C27H28N4O/c32-27(28-19-21-9-3-1-4-10-21)23-14-17-30(18-15-23)20-24-26(22-11-5-2-6-12-22)29-25-13-7-8-16-31(24)25/h1-13,16,23H,14-15,17-20H2,(H,28,32). The molecule has 2 aromatic carbocycles. The highest BCUT2D eigenvalue weighted by molar-refractivity contribution is 5.78. The Bertz CT molecular complexity index is 1180. The summed E-state index contributed by atoms with van der Waals surface area (Å²) in [7, 11) is 0. The van der Waals surface area contributed by atoms with Crippen LogP contribution in [0.2, 0.25) is 0 Å². The van der Waals surface area contributed by atoms with Crippen LogP contribution in [0.15, 0.2) is 85.1 Å². The number of imidazole rings is 1. The molecule has 0 atom stereocenters. The fourth-order valence-electron chi connectivity index (χ4n) is 4.52. The van der Waals surface area contributed by atoms with Crippen LogP contribution in [0.1, 0.15) is 24.1 Å². The summed E-state index contributed by atoms with van der Waals surface area (Å²) in [6.45, 7) is 3.26. The summed E-state index contributed by atoms with van der Waals surface area (Å²) in [5, 5.41) is 3.11. The quantitative estimate of drug-likeness (QED) is 0.495. The van der Waals surface area contributed by atoms with Crippen LogP contribution in [0.5, 0.6) is 0 Å². The molecule has 4 aromatic rings. The molecular weight excluding hydrogens is 396 g/mol. The van der Waals surface area contributed by atoms with Crippen LogP contribution in [-0.2, 0) is 17.9 Å². The Morgan fingerprint density at radius 3 is 2.34 bits per heavy atom. The lowest BCUT2D eigenvalue weighted by Crippen LogP contribution is -2.40. The Hall–Kier alpha value is -3.44.